The predicted octanol–water partition coefficient (Wildman–Crippen LogP) is 4.57. The maximum atomic E-state index is 12.7. The van der Waals surface area contributed by atoms with Crippen molar-refractivity contribution in [3.05, 3.63) is 89.5 Å². The van der Waals surface area contributed by atoms with Crippen molar-refractivity contribution in [3.63, 3.8) is 0 Å². The van der Waals surface area contributed by atoms with Gasteiger partial charge in [-0.05, 0) is 49.2 Å². The van der Waals surface area contributed by atoms with Crippen LogP contribution in [0.2, 0.25) is 0 Å². The number of carbonyl (C=O) groups is 2. The molecule has 0 saturated heterocycles. The van der Waals surface area contributed by atoms with Gasteiger partial charge in [-0.25, -0.2) is 0 Å². The Balaban J connectivity index is 1.67. The fourth-order valence-corrected chi connectivity index (χ4v) is 2.73. The molecule has 0 aliphatic carbocycles. The number of hydrogen-bond donors (Lipinski definition) is 2. The number of hydrogen-bond acceptors (Lipinski definition) is 3. The molecule has 2 amide bonds. The molecule has 0 atom stereocenters. The third-order valence-electron chi connectivity index (χ3n) is 4.30. The van der Waals surface area contributed by atoms with Crippen molar-refractivity contribution in [2.75, 3.05) is 17.2 Å². The second kappa shape index (κ2) is 8.86. The smallest absolute Gasteiger partial charge is 0.262 e. The lowest BCUT2D eigenvalue weighted by Crippen LogP contribution is -2.22. The van der Waals surface area contributed by atoms with Gasteiger partial charge in [-0.15, -0.1) is 0 Å². The number of aryl methyl sites for hydroxylation is 2. The van der Waals surface area contributed by atoms with Crippen molar-refractivity contribution in [1.82, 2.24) is 0 Å². The van der Waals surface area contributed by atoms with Gasteiger partial charge in [0.25, 0.3) is 11.8 Å². The van der Waals surface area contributed by atoms with Crippen LogP contribution in [0.3, 0.4) is 0 Å². The molecule has 0 aliphatic rings. The van der Waals surface area contributed by atoms with E-state index in [0.29, 0.717) is 11.3 Å². The fraction of sp³-hybridized carbons (Fsp3) is 0.130. The summed E-state index contributed by atoms with van der Waals surface area (Å²) < 4.78 is 5.63. The molecule has 0 fully saturated rings. The average Bonchev–Trinajstić information content (AvgIpc) is 2.70. The lowest BCUT2D eigenvalue weighted by atomic mass is 10.1. The molecule has 0 spiro atoms. The van der Waals surface area contributed by atoms with Gasteiger partial charge >= 0.3 is 0 Å². The zero-order valence-corrected chi connectivity index (χ0v) is 15.9. The van der Waals surface area contributed by atoms with Crippen molar-refractivity contribution in [1.29, 1.82) is 0 Å². The molecule has 142 valence electrons. The highest BCUT2D eigenvalue weighted by Crippen LogP contribution is 2.21. The lowest BCUT2D eigenvalue weighted by Gasteiger charge is -2.13. The fourth-order valence-electron chi connectivity index (χ4n) is 2.73. The third-order valence-corrected chi connectivity index (χ3v) is 4.30. The van der Waals surface area contributed by atoms with Gasteiger partial charge in [0, 0.05) is 11.4 Å². The monoisotopic (exact) mass is 374 g/mol. The number of amides is 2. The van der Waals surface area contributed by atoms with Crippen LogP contribution in [-0.2, 0) is 4.79 Å². The summed E-state index contributed by atoms with van der Waals surface area (Å²) in [5.41, 5.74) is 3.77. The number of para-hydroxylation sites is 3. The number of anilines is 2. The summed E-state index contributed by atoms with van der Waals surface area (Å²) in [5.74, 6) is -0.221. The van der Waals surface area contributed by atoms with E-state index in [2.05, 4.69) is 10.6 Å². The molecule has 2 N–H and O–H groups in total. The number of benzene rings is 3. The van der Waals surface area contributed by atoms with Gasteiger partial charge in [-0.1, -0.05) is 48.5 Å². The van der Waals surface area contributed by atoms with Crippen molar-refractivity contribution >= 4 is 23.2 Å². The largest absolute Gasteiger partial charge is 0.483 e. The molecule has 28 heavy (non-hydrogen) atoms. The average molecular weight is 374 g/mol. The lowest BCUT2D eigenvalue weighted by molar-refractivity contribution is -0.118. The molecule has 3 aromatic rings. The van der Waals surface area contributed by atoms with Crippen molar-refractivity contribution in [2.24, 2.45) is 0 Å². The van der Waals surface area contributed by atoms with E-state index in [1.165, 1.54) is 0 Å². The molecule has 3 aromatic carbocycles. The Kier molecular flexibility index (Phi) is 6.07. The minimum atomic E-state index is -0.289. The van der Waals surface area contributed by atoms with E-state index in [1.807, 2.05) is 62.4 Å². The molecule has 0 bridgehead atoms. The first-order valence-corrected chi connectivity index (χ1v) is 8.99. The Morgan fingerprint density at radius 2 is 1.29 bits per heavy atom. The van der Waals surface area contributed by atoms with E-state index in [4.69, 9.17) is 4.74 Å². The zero-order valence-electron chi connectivity index (χ0n) is 15.9. The number of nitrogens with one attached hydrogen (secondary N) is 2. The second-order valence-corrected chi connectivity index (χ2v) is 6.42. The maximum Gasteiger partial charge on any atom is 0.262 e. The maximum absolute atomic E-state index is 12.7. The van der Waals surface area contributed by atoms with Gasteiger partial charge in [0.15, 0.2) is 6.61 Å². The molecule has 0 unspecified atom stereocenters. The van der Waals surface area contributed by atoms with Gasteiger partial charge < -0.3 is 15.4 Å². The molecular formula is C23H22N2O3. The summed E-state index contributed by atoms with van der Waals surface area (Å²) in [7, 11) is 0. The summed E-state index contributed by atoms with van der Waals surface area (Å²) >= 11 is 0. The van der Waals surface area contributed by atoms with Crippen LogP contribution in [0.5, 0.6) is 5.75 Å². The van der Waals surface area contributed by atoms with Crippen LogP contribution in [0.15, 0.2) is 72.8 Å². The summed E-state index contributed by atoms with van der Waals surface area (Å²) in [6.45, 7) is 3.65. The normalized spacial score (nSPS) is 10.2. The number of carbonyl (C=O) groups excluding carboxylic acids is 2. The summed E-state index contributed by atoms with van der Waals surface area (Å²) in [6.07, 6.45) is 0. The molecule has 5 heteroatoms. The Morgan fingerprint density at radius 1 is 0.750 bits per heavy atom. The molecule has 0 radical (unpaired) electrons. The molecular weight excluding hydrogens is 352 g/mol. The highest BCUT2D eigenvalue weighted by atomic mass is 16.5. The highest BCUT2D eigenvalue weighted by Gasteiger charge is 2.14. The van der Waals surface area contributed by atoms with Crippen molar-refractivity contribution in [3.8, 4) is 5.75 Å². The minimum Gasteiger partial charge on any atom is -0.483 e. The third kappa shape index (κ3) is 4.76. The summed E-state index contributed by atoms with van der Waals surface area (Å²) in [5, 5.41) is 5.69. The van der Waals surface area contributed by atoms with E-state index in [9.17, 15) is 9.59 Å². The van der Waals surface area contributed by atoms with E-state index in [1.54, 1.807) is 24.3 Å². The second-order valence-electron chi connectivity index (χ2n) is 6.42. The van der Waals surface area contributed by atoms with Crippen LogP contribution >= 0.6 is 0 Å². The van der Waals surface area contributed by atoms with E-state index < -0.39 is 0 Å². The van der Waals surface area contributed by atoms with Gasteiger partial charge in [0.2, 0.25) is 0 Å². The first kappa shape index (κ1) is 19.2. The van der Waals surface area contributed by atoms with Crippen LogP contribution in [0.1, 0.15) is 21.5 Å². The van der Waals surface area contributed by atoms with E-state index in [-0.39, 0.29) is 18.4 Å². The molecule has 0 heterocycles. The summed E-state index contributed by atoms with van der Waals surface area (Å²) in [4.78, 5) is 24.9. The molecule has 5 nitrogen and oxygen atoms in total. The topological polar surface area (TPSA) is 67.4 Å². The van der Waals surface area contributed by atoms with Gasteiger partial charge in [0.05, 0.1) is 5.56 Å². The SMILES string of the molecule is Cc1ccccc1NC(=O)COc1ccccc1C(=O)Nc1ccccc1C. The van der Waals surface area contributed by atoms with Crippen molar-refractivity contribution < 1.29 is 14.3 Å². The number of rotatable bonds is 6. The van der Waals surface area contributed by atoms with Crippen LogP contribution in [0, 0.1) is 13.8 Å². The van der Waals surface area contributed by atoms with Crippen LogP contribution in [0.25, 0.3) is 0 Å². The van der Waals surface area contributed by atoms with Gasteiger partial charge in [0.1, 0.15) is 5.75 Å². The zero-order chi connectivity index (χ0) is 19.9. The van der Waals surface area contributed by atoms with E-state index in [0.717, 1.165) is 22.5 Å². The van der Waals surface area contributed by atoms with Crippen LogP contribution in [-0.4, -0.2) is 18.4 Å². The highest BCUT2D eigenvalue weighted by molar-refractivity contribution is 6.06. The number of ether oxygens (including phenoxy) is 1. The first-order chi connectivity index (χ1) is 13.5. The van der Waals surface area contributed by atoms with Crippen molar-refractivity contribution in [2.45, 2.75) is 13.8 Å². The Hall–Kier alpha value is -3.60. The van der Waals surface area contributed by atoms with E-state index >= 15 is 0 Å². The Morgan fingerprint density at radius 3 is 1.93 bits per heavy atom. The quantitative estimate of drug-likeness (QED) is 0.664. The van der Waals surface area contributed by atoms with Crippen LogP contribution in [0.4, 0.5) is 11.4 Å². The molecule has 0 aromatic heterocycles. The standard InChI is InChI=1S/C23H22N2O3/c1-16-9-3-6-12-19(16)24-22(26)15-28-21-14-8-5-11-18(21)23(27)25-20-13-7-4-10-17(20)2/h3-14H,15H2,1-2H3,(H,24,26)(H,25,27). The first-order valence-electron chi connectivity index (χ1n) is 8.99. The van der Waals surface area contributed by atoms with Crippen LogP contribution < -0.4 is 15.4 Å². The summed E-state index contributed by atoms with van der Waals surface area (Å²) in [6, 6.07) is 21.9. The predicted molar refractivity (Wildman–Crippen MR) is 111 cm³/mol. The van der Waals surface area contributed by atoms with Gasteiger partial charge in [-0.3, -0.25) is 9.59 Å². The molecule has 0 aliphatic heterocycles. The van der Waals surface area contributed by atoms with Gasteiger partial charge in [-0.2, -0.15) is 0 Å². The Labute approximate surface area is 164 Å². The molecule has 3 rings (SSSR count). The minimum absolute atomic E-state index is 0.191. The molecule has 0 saturated carbocycles. The Bertz CT molecular complexity index is 998.